The minimum atomic E-state index is -0.580. The van der Waals surface area contributed by atoms with Crippen LogP contribution in [0.3, 0.4) is 0 Å². The average Bonchev–Trinajstić information content (AvgIpc) is 3.18. The number of hydrogen-bond donors (Lipinski definition) is 0. The Labute approximate surface area is 117 Å². The third-order valence-electron chi connectivity index (χ3n) is 5.37. The standard InChI is InChI=1S/C15H19NO4/c1-19-14(18)11-10-6-7-15(20-10)8-16(13(17)12(11)15)9-4-2-3-5-9/h6-7,9-12H,2-5,8H2,1H3/t10-,11-,12+,15-/m1/s1. The number of carbonyl (C=O) groups excluding carboxylic acids is 2. The van der Waals surface area contributed by atoms with Gasteiger partial charge in [0.15, 0.2) is 0 Å². The third-order valence-corrected chi connectivity index (χ3v) is 5.37. The Hall–Kier alpha value is -1.36. The fourth-order valence-electron chi connectivity index (χ4n) is 4.46. The Morgan fingerprint density at radius 1 is 1.45 bits per heavy atom. The van der Waals surface area contributed by atoms with E-state index in [9.17, 15) is 9.59 Å². The maximum absolute atomic E-state index is 12.8. The Kier molecular flexibility index (Phi) is 2.52. The van der Waals surface area contributed by atoms with E-state index in [0.717, 1.165) is 12.8 Å². The smallest absolute Gasteiger partial charge is 0.312 e. The molecule has 3 fully saturated rings. The second-order valence-electron chi connectivity index (χ2n) is 6.33. The third kappa shape index (κ3) is 1.41. The Morgan fingerprint density at radius 3 is 2.90 bits per heavy atom. The highest BCUT2D eigenvalue weighted by Crippen LogP contribution is 2.53. The first kappa shape index (κ1) is 12.4. The summed E-state index contributed by atoms with van der Waals surface area (Å²) in [6.45, 7) is 0.599. The minimum Gasteiger partial charge on any atom is -0.469 e. The first-order chi connectivity index (χ1) is 9.66. The lowest BCUT2D eigenvalue weighted by atomic mass is 9.77. The van der Waals surface area contributed by atoms with E-state index in [1.807, 2.05) is 17.1 Å². The predicted octanol–water partition coefficient (Wildman–Crippen LogP) is 0.884. The van der Waals surface area contributed by atoms with Crippen LogP contribution in [0.25, 0.3) is 0 Å². The van der Waals surface area contributed by atoms with Gasteiger partial charge >= 0.3 is 5.97 Å². The van der Waals surface area contributed by atoms with Crippen molar-refractivity contribution in [2.24, 2.45) is 11.8 Å². The van der Waals surface area contributed by atoms with Crippen LogP contribution in [-0.4, -0.2) is 48.2 Å². The second-order valence-corrected chi connectivity index (χ2v) is 6.33. The van der Waals surface area contributed by atoms with Gasteiger partial charge in [-0.3, -0.25) is 9.59 Å². The topological polar surface area (TPSA) is 55.8 Å². The highest BCUT2D eigenvalue weighted by atomic mass is 16.5. The van der Waals surface area contributed by atoms with E-state index < -0.39 is 11.5 Å². The lowest BCUT2D eigenvalue weighted by molar-refractivity contribution is -0.151. The highest BCUT2D eigenvalue weighted by Gasteiger charge is 2.67. The maximum Gasteiger partial charge on any atom is 0.312 e. The van der Waals surface area contributed by atoms with Gasteiger partial charge in [0.2, 0.25) is 5.91 Å². The zero-order chi connectivity index (χ0) is 13.9. The molecule has 1 aliphatic carbocycles. The van der Waals surface area contributed by atoms with E-state index in [2.05, 4.69) is 0 Å². The Morgan fingerprint density at radius 2 is 2.20 bits per heavy atom. The van der Waals surface area contributed by atoms with E-state index >= 15 is 0 Å². The molecule has 20 heavy (non-hydrogen) atoms. The predicted molar refractivity (Wildman–Crippen MR) is 69.7 cm³/mol. The zero-order valence-corrected chi connectivity index (χ0v) is 11.6. The van der Waals surface area contributed by atoms with Gasteiger partial charge in [0, 0.05) is 6.04 Å². The zero-order valence-electron chi connectivity index (χ0n) is 11.6. The summed E-state index contributed by atoms with van der Waals surface area (Å²) in [4.78, 5) is 26.8. The summed E-state index contributed by atoms with van der Waals surface area (Å²) in [5.74, 6) is -1.10. The van der Waals surface area contributed by atoms with Crippen molar-refractivity contribution < 1.29 is 19.1 Å². The number of esters is 1. The number of amides is 1. The van der Waals surface area contributed by atoms with E-state index in [1.54, 1.807) is 0 Å². The van der Waals surface area contributed by atoms with Gasteiger partial charge in [-0.15, -0.1) is 0 Å². The summed E-state index contributed by atoms with van der Waals surface area (Å²) in [6, 6.07) is 0.330. The van der Waals surface area contributed by atoms with Gasteiger partial charge in [-0.25, -0.2) is 0 Å². The van der Waals surface area contributed by atoms with Crippen molar-refractivity contribution in [1.29, 1.82) is 0 Å². The molecule has 0 unspecified atom stereocenters. The molecule has 1 spiro atoms. The van der Waals surface area contributed by atoms with Crippen molar-refractivity contribution in [3.63, 3.8) is 0 Å². The van der Waals surface area contributed by atoms with Gasteiger partial charge in [0.1, 0.15) is 11.5 Å². The van der Waals surface area contributed by atoms with Gasteiger partial charge in [-0.1, -0.05) is 25.0 Å². The van der Waals surface area contributed by atoms with Gasteiger partial charge in [0.05, 0.1) is 25.7 Å². The van der Waals surface area contributed by atoms with Crippen molar-refractivity contribution in [2.45, 2.75) is 43.4 Å². The molecule has 4 rings (SSSR count). The molecule has 4 atom stereocenters. The molecule has 0 aromatic rings. The van der Waals surface area contributed by atoms with Gasteiger partial charge < -0.3 is 14.4 Å². The van der Waals surface area contributed by atoms with Crippen LogP contribution < -0.4 is 0 Å². The number of methoxy groups -OCH3 is 1. The summed E-state index contributed by atoms with van der Waals surface area (Å²) >= 11 is 0. The number of rotatable bonds is 2. The van der Waals surface area contributed by atoms with Crippen molar-refractivity contribution >= 4 is 11.9 Å². The Balaban J connectivity index is 1.67. The van der Waals surface area contributed by atoms with E-state index in [1.165, 1.54) is 20.0 Å². The van der Waals surface area contributed by atoms with Crippen molar-refractivity contribution in [2.75, 3.05) is 13.7 Å². The molecule has 108 valence electrons. The van der Waals surface area contributed by atoms with E-state index in [4.69, 9.17) is 9.47 Å². The lowest BCUT2D eigenvalue weighted by Gasteiger charge is -2.26. The second kappa shape index (κ2) is 4.07. The molecule has 5 heteroatoms. The fraction of sp³-hybridized carbons (Fsp3) is 0.733. The molecule has 1 amide bonds. The normalized spacial score (nSPS) is 42.5. The molecule has 5 nitrogen and oxygen atoms in total. The molecule has 4 aliphatic rings. The number of ether oxygens (including phenoxy) is 2. The lowest BCUT2D eigenvalue weighted by Crippen LogP contribution is -2.40. The van der Waals surface area contributed by atoms with Crippen molar-refractivity contribution in [1.82, 2.24) is 4.90 Å². The summed E-state index contributed by atoms with van der Waals surface area (Å²) in [5, 5.41) is 0. The molecule has 3 aliphatic heterocycles. The molecule has 0 radical (unpaired) electrons. The first-order valence-electron chi connectivity index (χ1n) is 7.42. The molecule has 0 aromatic heterocycles. The average molecular weight is 277 g/mol. The van der Waals surface area contributed by atoms with Crippen LogP contribution in [0.1, 0.15) is 25.7 Å². The number of hydrogen-bond acceptors (Lipinski definition) is 4. The van der Waals surface area contributed by atoms with E-state index in [0.29, 0.717) is 12.6 Å². The van der Waals surface area contributed by atoms with Crippen LogP contribution in [-0.2, 0) is 19.1 Å². The van der Waals surface area contributed by atoms with E-state index in [-0.39, 0.29) is 23.9 Å². The summed E-state index contributed by atoms with van der Waals surface area (Å²) in [5.41, 5.74) is -0.580. The largest absolute Gasteiger partial charge is 0.469 e. The van der Waals surface area contributed by atoms with Crippen LogP contribution in [0.4, 0.5) is 0 Å². The van der Waals surface area contributed by atoms with Crippen LogP contribution in [0.15, 0.2) is 12.2 Å². The number of fused-ring (bicyclic) bond motifs is 1. The molecule has 0 aromatic carbocycles. The molecule has 2 bridgehead atoms. The molecular formula is C15H19NO4. The minimum absolute atomic E-state index is 0.0825. The molecular weight excluding hydrogens is 258 g/mol. The fourth-order valence-corrected chi connectivity index (χ4v) is 4.46. The van der Waals surface area contributed by atoms with Gasteiger partial charge in [-0.05, 0) is 12.8 Å². The van der Waals surface area contributed by atoms with Crippen LogP contribution >= 0.6 is 0 Å². The van der Waals surface area contributed by atoms with Crippen molar-refractivity contribution in [3.05, 3.63) is 12.2 Å². The number of nitrogens with zero attached hydrogens (tertiary/aromatic N) is 1. The summed E-state index contributed by atoms with van der Waals surface area (Å²) < 4.78 is 10.9. The SMILES string of the molecule is COC(=O)[C@H]1[C@H]2C(=O)N(C3CCCC3)C[C@]23C=C[C@H]1O3. The molecule has 2 saturated heterocycles. The monoisotopic (exact) mass is 277 g/mol. The molecule has 0 N–H and O–H groups in total. The highest BCUT2D eigenvalue weighted by molar-refractivity contribution is 5.91. The quantitative estimate of drug-likeness (QED) is 0.555. The summed E-state index contributed by atoms with van der Waals surface area (Å²) in [7, 11) is 1.37. The van der Waals surface area contributed by atoms with Crippen molar-refractivity contribution in [3.8, 4) is 0 Å². The van der Waals surface area contributed by atoms with Gasteiger partial charge in [-0.2, -0.15) is 0 Å². The van der Waals surface area contributed by atoms with Gasteiger partial charge in [0.25, 0.3) is 0 Å². The maximum atomic E-state index is 12.8. The number of likely N-dealkylation sites (tertiary alicyclic amines) is 1. The summed E-state index contributed by atoms with van der Waals surface area (Å²) in [6.07, 6.45) is 8.15. The molecule has 1 saturated carbocycles. The number of carbonyl (C=O) groups is 2. The van der Waals surface area contributed by atoms with Crippen LogP contribution in [0.2, 0.25) is 0 Å². The Bertz CT molecular complexity index is 496. The molecule has 3 heterocycles. The van der Waals surface area contributed by atoms with Crippen LogP contribution in [0, 0.1) is 11.8 Å². The van der Waals surface area contributed by atoms with Crippen LogP contribution in [0.5, 0.6) is 0 Å². The first-order valence-corrected chi connectivity index (χ1v) is 7.42.